The molecule has 2 atom stereocenters. The Kier molecular flexibility index (Phi) is 5.76. The number of nitrogens with zero attached hydrogens (tertiary/aromatic N) is 4. The van der Waals surface area contributed by atoms with Gasteiger partial charge in [-0.2, -0.15) is 4.98 Å². The lowest BCUT2D eigenvalue weighted by Gasteiger charge is -2.36. The van der Waals surface area contributed by atoms with Gasteiger partial charge in [0.25, 0.3) is 6.01 Å². The Morgan fingerprint density at radius 3 is 2.78 bits per heavy atom. The molecule has 3 heterocycles. The average molecular weight is 459 g/mol. The Bertz CT molecular complexity index is 1130. The third-order valence-electron chi connectivity index (χ3n) is 5.49. The minimum Gasteiger partial charge on any atom is -0.423 e. The second-order valence-corrected chi connectivity index (χ2v) is 10.2. The van der Waals surface area contributed by atoms with Gasteiger partial charge in [-0.15, -0.1) is 0 Å². The highest BCUT2D eigenvalue weighted by molar-refractivity contribution is 7.16. The van der Waals surface area contributed by atoms with Gasteiger partial charge >= 0.3 is 6.03 Å². The summed E-state index contributed by atoms with van der Waals surface area (Å²) in [6.07, 6.45) is 0.727. The van der Waals surface area contributed by atoms with Crippen LogP contribution in [0, 0.1) is 0 Å². The number of amides is 2. The molecule has 0 saturated heterocycles. The van der Waals surface area contributed by atoms with Gasteiger partial charge in [0.15, 0.2) is 10.7 Å². The molecule has 0 radical (unpaired) electrons. The van der Waals surface area contributed by atoms with Crippen LogP contribution in [0.25, 0.3) is 11.1 Å². The smallest absolute Gasteiger partial charge is 0.321 e. The van der Waals surface area contributed by atoms with E-state index in [9.17, 15) is 9.90 Å². The van der Waals surface area contributed by atoms with Crippen LogP contribution in [0.1, 0.15) is 44.3 Å². The Morgan fingerprint density at radius 2 is 2.09 bits per heavy atom. The summed E-state index contributed by atoms with van der Waals surface area (Å²) in [4.78, 5) is 26.9. The number of urea groups is 1. The minimum absolute atomic E-state index is 0.00242. The molecule has 3 N–H and O–H groups in total. The molecule has 10 heteroatoms. The molecule has 32 heavy (non-hydrogen) atoms. The van der Waals surface area contributed by atoms with Crippen LogP contribution in [0.3, 0.4) is 0 Å². The van der Waals surface area contributed by atoms with Gasteiger partial charge in [-0.3, -0.25) is 5.32 Å². The van der Waals surface area contributed by atoms with Crippen molar-refractivity contribution in [2.24, 2.45) is 0 Å². The lowest BCUT2D eigenvalue weighted by molar-refractivity contribution is 0.0826. The molecule has 4 rings (SSSR count). The fourth-order valence-corrected chi connectivity index (χ4v) is 4.90. The first kappa shape index (κ1) is 22.3. The molecule has 1 aromatic carbocycles. The summed E-state index contributed by atoms with van der Waals surface area (Å²) in [5.41, 5.74) is 2.66. The van der Waals surface area contributed by atoms with Crippen LogP contribution in [0.15, 0.2) is 22.6 Å². The Labute approximate surface area is 191 Å². The first-order chi connectivity index (χ1) is 15.0. The van der Waals surface area contributed by atoms with Crippen molar-refractivity contribution in [2.75, 3.05) is 35.8 Å². The largest absolute Gasteiger partial charge is 0.423 e. The molecule has 1 aliphatic heterocycles. The predicted octanol–water partition coefficient (Wildman–Crippen LogP) is 3.75. The van der Waals surface area contributed by atoms with Crippen LogP contribution in [0.4, 0.5) is 21.6 Å². The van der Waals surface area contributed by atoms with E-state index in [2.05, 4.69) is 34.4 Å². The van der Waals surface area contributed by atoms with Crippen molar-refractivity contribution in [1.82, 2.24) is 15.3 Å². The third-order valence-corrected chi connectivity index (χ3v) is 6.67. The van der Waals surface area contributed by atoms with E-state index in [-0.39, 0.29) is 24.7 Å². The molecule has 0 unspecified atom stereocenters. The number of fused-ring (bicyclic) bond motifs is 2. The standard InChI is InChI=1S/C22H30N6O3S/c1-12-9-16-18(32-20(24-16)26-19(29)23-11-22(3,4)30)13(2)28(12)21-25-15-10-14(27(5)6)7-8-17(15)31-21/h7-8,10,12-13,30H,9,11H2,1-6H3,(H2,23,24,26,29)/t12-,13+/m1/s1. The lowest BCUT2D eigenvalue weighted by atomic mass is 10.0. The number of thiazole rings is 1. The highest BCUT2D eigenvalue weighted by Crippen LogP contribution is 2.41. The van der Waals surface area contributed by atoms with Crippen molar-refractivity contribution in [3.8, 4) is 0 Å². The van der Waals surface area contributed by atoms with Gasteiger partial charge in [-0.05, 0) is 45.9 Å². The number of aliphatic hydroxyl groups is 1. The summed E-state index contributed by atoms with van der Waals surface area (Å²) in [6.45, 7) is 7.66. The molecular weight excluding hydrogens is 428 g/mol. The van der Waals surface area contributed by atoms with Gasteiger partial charge in [-0.25, -0.2) is 9.78 Å². The molecule has 2 aromatic heterocycles. The Balaban J connectivity index is 1.55. The number of carbonyl (C=O) groups excluding carboxylic acids is 1. The lowest BCUT2D eigenvalue weighted by Crippen LogP contribution is -2.41. The average Bonchev–Trinajstić information content (AvgIpc) is 3.28. The van der Waals surface area contributed by atoms with Crippen molar-refractivity contribution in [3.63, 3.8) is 0 Å². The zero-order valence-electron chi connectivity index (χ0n) is 19.3. The van der Waals surface area contributed by atoms with Crippen molar-refractivity contribution >= 4 is 45.3 Å². The van der Waals surface area contributed by atoms with Gasteiger partial charge in [0.2, 0.25) is 0 Å². The minimum atomic E-state index is -0.975. The highest BCUT2D eigenvalue weighted by atomic mass is 32.1. The quantitative estimate of drug-likeness (QED) is 0.534. The fraction of sp³-hybridized carbons (Fsp3) is 0.500. The number of benzene rings is 1. The van der Waals surface area contributed by atoms with E-state index in [0.717, 1.165) is 33.8 Å². The highest BCUT2D eigenvalue weighted by Gasteiger charge is 2.35. The number of rotatable bonds is 5. The Hall–Kier alpha value is -2.85. The molecule has 0 fully saturated rings. The molecule has 0 saturated carbocycles. The number of aromatic nitrogens is 2. The number of hydrogen-bond acceptors (Lipinski definition) is 8. The van der Waals surface area contributed by atoms with Gasteiger partial charge in [0.1, 0.15) is 5.52 Å². The van der Waals surface area contributed by atoms with Crippen molar-refractivity contribution in [2.45, 2.75) is 51.8 Å². The number of oxazole rings is 1. The summed E-state index contributed by atoms with van der Waals surface area (Å²) in [5, 5.41) is 15.8. The van der Waals surface area contributed by atoms with E-state index in [0.29, 0.717) is 11.1 Å². The number of hydrogen-bond donors (Lipinski definition) is 3. The van der Waals surface area contributed by atoms with Gasteiger partial charge < -0.3 is 24.6 Å². The number of carbonyl (C=O) groups is 1. The van der Waals surface area contributed by atoms with Gasteiger partial charge in [-0.1, -0.05) is 11.3 Å². The molecular formula is C22H30N6O3S. The van der Waals surface area contributed by atoms with E-state index >= 15 is 0 Å². The second kappa shape index (κ2) is 8.25. The molecule has 0 spiro atoms. The molecule has 0 bridgehead atoms. The second-order valence-electron chi connectivity index (χ2n) is 9.13. The third kappa shape index (κ3) is 4.51. The van der Waals surface area contributed by atoms with Crippen LogP contribution >= 0.6 is 11.3 Å². The van der Waals surface area contributed by atoms with E-state index in [4.69, 9.17) is 9.40 Å². The molecule has 1 aliphatic rings. The van der Waals surface area contributed by atoms with E-state index in [1.165, 1.54) is 11.3 Å². The predicted molar refractivity (Wildman–Crippen MR) is 128 cm³/mol. The van der Waals surface area contributed by atoms with Crippen LogP contribution in [-0.4, -0.2) is 53.4 Å². The maximum Gasteiger partial charge on any atom is 0.321 e. The first-order valence-corrected chi connectivity index (χ1v) is 11.5. The van der Waals surface area contributed by atoms with E-state index < -0.39 is 5.60 Å². The van der Waals surface area contributed by atoms with E-state index in [1.807, 2.05) is 37.2 Å². The van der Waals surface area contributed by atoms with Crippen molar-refractivity contribution < 1.29 is 14.3 Å². The van der Waals surface area contributed by atoms with Crippen molar-refractivity contribution in [1.29, 1.82) is 0 Å². The molecule has 9 nitrogen and oxygen atoms in total. The molecule has 3 aromatic rings. The summed E-state index contributed by atoms with van der Waals surface area (Å²) < 4.78 is 6.11. The number of nitrogens with one attached hydrogen (secondary N) is 2. The molecule has 172 valence electrons. The van der Waals surface area contributed by atoms with Crippen LogP contribution < -0.4 is 20.4 Å². The number of anilines is 3. The maximum atomic E-state index is 12.2. The molecule has 2 amide bonds. The first-order valence-electron chi connectivity index (χ1n) is 10.6. The fourth-order valence-electron chi connectivity index (χ4n) is 3.86. The van der Waals surface area contributed by atoms with Gasteiger partial charge in [0, 0.05) is 38.8 Å². The molecule has 0 aliphatic carbocycles. The Morgan fingerprint density at radius 1 is 1.34 bits per heavy atom. The van der Waals surface area contributed by atoms with Crippen LogP contribution in [0.5, 0.6) is 0 Å². The zero-order valence-corrected chi connectivity index (χ0v) is 20.1. The topological polar surface area (TPSA) is 107 Å². The summed E-state index contributed by atoms with van der Waals surface area (Å²) >= 11 is 1.46. The normalized spacial score (nSPS) is 18.5. The maximum absolute atomic E-state index is 12.2. The summed E-state index contributed by atoms with van der Waals surface area (Å²) in [6, 6.07) is 6.34. The van der Waals surface area contributed by atoms with Gasteiger partial charge in [0.05, 0.1) is 22.2 Å². The van der Waals surface area contributed by atoms with Crippen molar-refractivity contribution in [3.05, 3.63) is 28.8 Å². The monoisotopic (exact) mass is 458 g/mol. The van der Waals surface area contributed by atoms with Crippen LogP contribution in [0.2, 0.25) is 0 Å². The summed E-state index contributed by atoms with van der Waals surface area (Å²) in [7, 11) is 4.00. The van der Waals surface area contributed by atoms with E-state index in [1.54, 1.807) is 13.8 Å². The zero-order chi connectivity index (χ0) is 23.2. The SMILES string of the molecule is C[C@@H]1Cc2nc(NC(=O)NCC(C)(C)O)sc2[C@H](C)N1c1nc2cc(N(C)C)ccc2o1. The summed E-state index contributed by atoms with van der Waals surface area (Å²) in [5.74, 6) is 0. The van der Waals surface area contributed by atoms with Crippen LogP contribution in [-0.2, 0) is 6.42 Å².